The number of nitrogens with zero attached hydrogens (tertiary/aromatic N) is 1. The molecule has 1 atom stereocenters. The number of hydrogen-bond acceptors (Lipinski definition) is 3. The largest absolute Gasteiger partial charge is 0.494 e. The fourth-order valence-electron chi connectivity index (χ4n) is 2.69. The van der Waals surface area contributed by atoms with Crippen molar-refractivity contribution >= 4 is 35.8 Å². The van der Waals surface area contributed by atoms with Crippen LogP contribution in [-0.4, -0.2) is 38.1 Å². The van der Waals surface area contributed by atoms with Crippen LogP contribution in [0.5, 0.6) is 5.75 Å². The van der Waals surface area contributed by atoms with Crippen LogP contribution in [0.1, 0.15) is 18.9 Å². The molecule has 0 aliphatic heterocycles. The lowest BCUT2D eigenvalue weighted by molar-refractivity contribution is -0.121. The van der Waals surface area contributed by atoms with Gasteiger partial charge in [-0.15, -0.1) is 24.0 Å². The smallest absolute Gasteiger partial charge is 0.222 e. The molecule has 6 nitrogen and oxygen atoms in total. The highest BCUT2D eigenvalue weighted by molar-refractivity contribution is 14.0. The van der Waals surface area contributed by atoms with Gasteiger partial charge in [0.05, 0.1) is 19.1 Å². The van der Waals surface area contributed by atoms with E-state index in [1.165, 1.54) is 12.1 Å². The van der Waals surface area contributed by atoms with E-state index in [4.69, 9.17) is 10.5 Å². The van der Waals surface area contributed by atoms with Crippen LogP contribution in [0, 0.1) is 11.7 Å². The van der Waals surface area contributed by atoms with E-state index in [1.54, 1.807) is 12.1 Å². The van der Waals surface area contributed by atoms with E-state index < -0.39 is 11.8 Å². The molecule has 0 aromatic heterocycles. The maximum absolute atomic E-state index is 13.1. The summed E-state index contributed by atoms with van der Waals surface area (Å²) in [6.45, 7) is 4.19. The number of para-hydroxylation sites is 1. The van der Waals surface area contributed by atoms with Gasteiger partial charge in [0, 0.05) is 13.1 Å². The SMILES string of the molecule is CCNC(=NCC(Cc1ccc(F)cc1)C(N)=O)NCCCOc1ccccc1.I. The second kappa shape index (κ2) is 14.6. The van der Waals surface area contributed by atoms with E-state index >= 15 is 0 Å². The highest BCUT2D eigenvalue weighted by Crippen LogP contribution is 2.11. The van der Waals surface area contributed by atoms with Crippen molar-refractivity contribution in [1.82, 2.24) is 10.6 Å². The summed E-state index contributed by atoms with van der Waals surface area (Å²) in [4.78, 5) is 16.3. The van der Waals surface area contributed by atoms with Crippen molar-refractivity contribution < 1.29 is 13.9 Å². The summed E-state index contributed by atoms with van der Waals surface area (Å²) in [6.07, 6.45) is 1.22. The van der Waals surface area contributed by atoms with E-state index in [-0.39, 0.29) is 36.3 Å². The number of hydrogen-bond donors (Lipinski definition) is 3. The fraction of sp³-hybridized carbons (Fsp3) is 0.364. The Labute approximate surface area is 194 Å². The van der Waals surface area contributed by atoms with E-state index in [0.717, 1.165) is 17.7 Å². The van der Waals surface area contributed by atoms with Crippen molar-refractivity contribution in [3.63, 3.8) is 0 Å². The molecule has 2 rings (SSSR count). The molecule has 0 fully saturated rings. The lowest BCUT2D eigenvalue weighted by Gasteiger charge is -2.15. The van der Waals surface area contributed by atoms with Gasteiger partial charge in [-0.2, -0.15) is 0 Å². The molecule has 2 aromatic rings. The Morgan fingerprint density at radius 2 is 1.83 bits per heavy atom. The third-order valence-corrected chi connectivity index (χ3v) is 4.24. The third-order valence-electron chi connectivity index (χ3n) is 4.24. The number of carbonyl (C=O) groups excluding carboxylic acids is 1. The topological polar surface area (TPSA) is 88.7 Å². The summed E-state index contributed by atoms with van der Waals surface area (Å²) >= 11 is 0. The lowest BCUT2D eigenvalue weighted by atomic mass is 9.99. The summed E-state index contributed by atoms with van der Waals surface area (Å²) < 4.78 is 18.7. The Hall–Kier alpha value is -2.36. The van der Waals surface area contributed by atoms with Gasteiger partial charge in [-0.25, -0.2) is 4.39 Å². The van der Waals surface area contributed by atoms with E-state index in [9.17, 15) is 9.18 Å². The number of halogens is 2. The van der Waals surface area contributed by atoms with Crippen LogP contribution in [0.25, 0.3) is 0 Å². The van der Waals surface area contributed by atoms with Crippen LogP contribution in [0.4, 0.5) is 4.39 Å². The predicted octanol–water partition coefficient (Wildman–Crippen LogP) is 3.11. The van der Waals surface area contributed by atoms with Gasteiger partial charge < -0.3 is 21.1 Å². The Bertz CT molecular complexity index is 772. The Morgan fingerprint density at radius 1 is 1.13 bits per heavy atom. The van der Waals surface area contributed by atoms with Crippen LogP contribution in [0.2, 0.25) is 0 Å². The second-order valence-electron chi connectivity index (χ2n) is 6.59. The van der Waals surface area contributed by atoms with Gasteiger partial charge in [0.2, 0.25) is 5.91 Å². The van der Waals surface area contributed by atoms with Gasteiger partial charge in [0.15, 0.2) is 5.96 Å². The molecule has 8 heteroatoms. The molecule has 0 bridgehead atoms. The summed E-state index contributed by atoms with van der Waals surface area (Å²) in [6, 6.07) is 15.7. The summed E-state index contributed by atoms with van der Waals surface area (Å²) in [5.74, 6) is 0.274. The first-order valence-corrected chi connectivity index (χ1v) is 9.82. The molecule has 4 N–H and O–H groups in total. The number of rotatable bonds is 11. The lowest BCUT2D eigenvalue weighted by Crippen LogP contribution is -2.39. The third kappa shape index (κ3) is 9.91. The Kier molecular flexibility index (Phi) is 12.5. The van der Waals surface area contributed by atoms with Gasteiger partial charge >= 0.3 is 0 Å². The summed E-state index contributed by atoms with van der Waals surface area (Å²) in [5, 5.41) is 6.38. The molecular weight excluding hydrogens is 498 g/mol. The highest BCUT2D eigenvalue weighted by Gasteiger charge is 2.16. The molecule has 0 aliphatic carbocycles. The molecule has 0 radical (unpaired) electrons. The van der Waals surface area contributed by atoms with Gasteiger partial charge in [-0.1, -0.05) is 30.3 Å². The van der Waals surface area contributed by atoms with Crippen molar-refractivity contribution in [2.45, 2.75) is 19.8 Å². The number of carbonyl (C=O) groups is 1. The van der Waals surface area contributed by atoms with Crippen molar-refractivity contribution in [2.75, 3.05) is 26.2 Å². The van der Waals surface area contributed by atoms with Crippen molar-refractivity contribution in [3.05, 3.63) is 66.0 Å². The Morgan fingerprint density at radius 3 is 2.47 bits per heavy atom. The summed E-state index contributed by atoms with van der Waals surface area (Å²) in [5.41, 5.74) is 6.38. The zero-order valence-corrected chi connectivity index (χ0v) is 19.5. The van der Waals surface area contributed by atoms with Gasteiger partial charge in [-0.3, -0.25) is 9.79 Å². The zero-order valence-electron chi connectivity index (χ0n) is 17.1. The fourth-order valence-corrected chi connectivity index (χ4v) is 2.69. The minimum Gasteiger partial charge on any atom is -0.494 e. The summed E-state index contributed by atoms with van der Waals surface area (Å²) in [7, 11) is 0. The van der Waals surface area contributed by atoms with Crippen molar-refractivity contribution in [3.8, 4) is 5.75 Å². The normalized spacial score (nSPS) is 11.9. The second-order valence-corrected chi connectivity index (χ2v) is 6.59. The van der Waals surface area contributed by atoms with E-state index in [0.29, 0.717) is 32.1 Å². The number of nitrogens with two attached hydrogens (primary N) is 1. The number of aliphatic imine (C=N–C) groups is 1. The van der Waals surface area contributed by atoms with Gasteiger partial charge in [0.25, 0.3) is 0 Å². The minimum absolute atomic E-state index is 0. The average molecular weight is 528 g/mol. The van der Waals surface area contributed by atoms with Crippen molar-refractivity contribution in [2.24, 2.45) is 16.6 Å². The molecule has 1 amide bonds. The van der Waals surface area contributed by atoms with E-state index in [1.807, 2.05) is 37.3 Å². The van der Waals surface area contributed by atoms with Crippen LogP contribution < -0.4 is 21.1 Å². The average Bonchev–Trinajstić information content (AvgIpc) is 2.72. The highest BCUT2D eigenvalue weighted by atomic mass is 127. The Balaban J connectivity index is 0.00000450. The number of guanidine groups is 1. The molecule has 0 saturated carbocycles. The standard InChI is InChI=1S/C22H29FN4O2.HI/c1-2-25-22(26-13-6-14-29-20-7-4-3-5-8-20)27-16-18(21(24)28)15-17-9-11-19(23)12-10-17;/h3-5,7-12,18H,2,6,13-16H2,1H3,(H2,24,28)(H2,25,26,27);1H. The molecule has 0 heterocycles. The minimum atomic E-state index is -0.461. The van der Waals surface area contributed by atoms with Crippen molar-refractivity contribution in [1.29, 1.82) is 0 Å². The molecule has 0 saturated heterocycles. The first-order chi connectivity index (χ1) is 14.1. The maximum Gasteiger partial charge on any atom is 0.222 e. The molecular formula is C22H30FIN4O2. The predicted molar refractivity (Wildman–Crippen MR) is 129 cm³/mol. The van der Waals surface area contributed by atoms with Crippen LogP contribution in [-0.2, 0) is 11.2 Å². The quantitative estimate of drug-likeness (QED) is 0.181. The molecule has 1 unspecified atom stereocenters. The first-order valence-electron chi connectivity index (χ1n) is 9.82. The molecule has 164 valence electrons. The number of ether oxygens (including phenoxy) is 1. The molecule has 0 aliphatic rings. The monoisotopic (exact) mass is 528 g/mol. The number of primary amides is 1. The molecule has 2 aromatic carbocycles. The molecule has 0 spiro atoms. The van der Waals surface area contributed by atoms with Crippen LogP contribution in [0.15, 0.2) is 59.6 Å². The van der Waals surface area contributed by atoms with E-state index in [2.05, 4.69) is 15.6 Å². The molecule has 30 heavy (non-hydrogen) atoms. The van der Waals surface area contributed by atoms with Crippen LogP contribution >= 0.6 is 24.0 Å². The number of amides is 1. The maximum atomic E-state index is 13.1. The first kappa shape index (κ1) is 25.7. The van der Waals surface area contributed by atoms with Crippen LogP contribution in [0.3, 0.4) is 0 Å². The van der Waals surface area contributed by atoms with Gasteiger partial charge in [0.1, 0.15) is 11.6 Å². The zero-order chi connectivity index (χ0) is 20.9. The number of benzene rings is 2. The van der Waals surface area contributed by atoms with Gasteiger partial charge in [-0.05, 0) is 49.6 Å². The number of nitrogens with one attached hydrogen (secondary N) is 2.